The van der Waals surface area contributed by atoms with Crippen molar-refractivity contribution in [2.75, 3.05) is 24.5 Å². The Hall–Kier alpha value is -2.26. The van der Waals surface area contributed by atoms with Gasteiger partial charge in [0.1, 0.15) is 5.56 Å². The van der Waals surface area contributed by atoms with E-state index in [-0.39, 0.29) is 5.56 Å². The number of hydrogen-bond donors (Lipinski definition) is 1. The van der Waals surface area contributed by atoms with Crippen molar-refractivity contribution in [3.05, 3.63) is 44.5 Å². The molecule has 1 saturated heterocycles. The van der Waals surface area contributed by atoms with Gasteiger partial charge in [-0.1, -0.05) is 17.4 Å². The van der Waals surface area contributed by atoms with E-state index in [1.54, 1.807) is 11.3 Å². The van der Waals surface area contributed by atoms with Crippen molar-refractivity contribution in [2.24, 2.45) is 0 Å². The number of rotatable bonds is 5. The van der Waals surface area contributed by atoms with Gasteiger partial charge in [-0.05, 0) is 30.7 Å². The quantitative estimate of drug-likeness (QED) is 0.735. The highest BCUT2D eigenvalue weighted by Crippen LogP contribution is 2.24. The van der Waals surface area contributed by atoms with Crippen molar-refractivity contribution in [3.8, 4) is 0 Å². The standard InChI is InChI=1S/C16H17N5O2S2/c22-13(17-6-5-11-4-3-9-24-11)12-10-18-15-21(14(12)23)19-16(25-15)20-7-1-2-8-20/h3-4,9-10H,1-2,5-8H2,(H,17,22). The molecule has 9 heteroatoms. The van der Waals surface area contributed by atoms with Gasteiger partial charge in [0, 0.05) is 30.7 Å². The third-order valence-corrected chi connectivity index (χ3v) is 6.05. The first kappa shape index (κ1) is 16.2. The summed E-state index contributed by atoms with van der Waals surface area (Å²) in [5.41, 5.74) is -0.387. The van der Waals surface area contributed by atoms with E-state index in [4.69, 9.17) is 0 Å². The van der Waals surface area contributed by atoms with Gasteiger partial charge in [-0.25, -0.2) is 4.98 Å². The van der Waals surface area contributed by atoms with Gasteiger partial charge < -0.3 is 10.2 Å². The van der Waals surface area contributed by atoms with E-state index in [0.29, 0.717) is 11.5 Å². The summed E-state index contributed by atoms with van der Waals surface area (Å²) in [4.78, 5) is 33.0. The van der Waals surface area contributed by atoms with E-state index in [0.717, 1.165) is 37.5 Å². The Morgan fingerprint density at radius 2 is 2.16 bits per heavy atom. The molecule has 1 fully saturated rings. The molecule has 1 aliphatic heterocycles. The topological polar surface area (TPSA) is 79.6 Å². The molecule has 0 atom stereocenters. The van der Waals surface area contributed by atoms with Crippen molar-refractivity contribution >= 4 is 38.7 Å². The molecule has 0 aromatic carbocycles. The Labute approximate surface area is 151 Å². The smallest absolute Gasteiger partial charge is 0.288 e. The van der Waals surface area contributed by atoms with Crippen molar-refractivity contribution < 1.29 is 4.79 Å². The summed E-state index contributed by atoms with van der Waals surface area (Å²) in [5.74, 6) is -0.404. The molecule has 4 heterocycles. The normalized spacial score (nSPS) is 14.3. The number of carbonyl (C=O) groups excluding carboxylic acids is 1. The molecule has 7 nitrogen and oxygen atoms in total. The predicted octanol–water partition coefficient (Wildman–Crippen LogP) is 1.79. The third kappa shape index (κ3) is 3.29. The van der Waals surface area contributed by atoms with Crippen LogP contribution in [0, 0.1) is 0 Å². The van der Waals surface area contributed by atoms with E-state index in [1.807, 2.05) is 17.5 Å². The van der Waals surface area contributed by atoms with Crippen LogP contribution < -0.4 is 15.8 Å². The number of aromatic nitrogens is 3. The zero-order chi connectivity index (χ0) is 17.2. The highest BCUT2D eigenvalue weighted by molar-refractivity contribution is 7.20. The monoisotopic (exact) mass is 375 g/mol. The van der Waals surface area contributed by atoms with Gasteiger partial charge in [0.2, 0.25) is 10.1 Å². The van der Waals surface area contributed by atoms with Crippen molar-refractivity contribution in [1.29, 1.82) is 0 Å². The van der Waals surface area contributed by atoms with Crippen LogP contribution in [0.3, 0.4) is 0 Å². The van der Waals surface area contributed by atoms with Gasteiger partial charge in [-0.2, -0.15) is 4.52 Å². The van der Waals surface area contributed by atoms with Crippen molar-refractivity contribution in [1.82, 2.24) is 19.9 Å². The second-order valence-electron chi connectivity index (χ2n) is 5.84. The van der Waals surface area contributed by atoms with Gasteiger partial charge in [0.05, 0.1) is 0 Å². The van der Waals surface area contributed by atoms with E-state index in [1.165, 1.54) is 26.9 Å². The van der Waals surface area contributed by atoms with E-state index < -0.39 is 11.5 Å². The van der Waals surface area contributed by atoms with Crippen LogP contribution in [-0.2, 0) is 6.42 Å². The Balaban J connectivity index is 1.51. The first-order valence-corrected chi connectivity index (χ1v) is 9.86. The Kier molecular flexibility index (Phi) is 4.50. The maximum Gasteiger partial charge on any atom is 0.288 e. The molecule has 1 amide bonds. The average Bonchev–Trinajstić information content (AvgIpc) is 3.36. The molecule has 3 aromatic heterocycles. The van der Waals surface area contributed by atoms with Gasteiger partial charge in [0.25, 0.3) is 11.5 Å². The molecule has 130 valence electrons. The van der Waals surface area contributed by atoms with Gasteiger partial charge >= 0.3 is 0 Å². The maximum atomic E-state index is 12.6. The summed E-state index contributed by atoms with van der Waals surface area (Å²) in [6.07, 6.45) is 4.37. The fourth-order valence-corrected chi connectivity index (χ4v) is 4.44. The van der Waals surface area contributed by atoms with E-state index in [9.17, 15) is 9.59 Å². The molecular weight excluding hydrogens is 358 g/mol. The zero-order valence-electron chi connectivity index (χ0n) is 13.5. The number of nitrogens with zero attached hydrogens (tertiary/aromatic N) is 4. The average molecular weight is 375 g/mol. The lowest BCUT2D eigenvalue weighted by Gasteiger charge is -2.10. The molecule has 0 aliphatic carbocycles. The predicted molar refractivity (Wildman–Crippen MR) is 98.9 cm³/mol. The number of hydrogen-bond acceptors (Lipinski definition) is 7. The third-order valence-electron chi connectivity index (χ3n) is 4.13. The number of thiophene rings is 1. The molecule has 0 saturated carbocycles. The van der Waals surface area contributed by atoms with Crippen LogP contribution in [0.2, 0.25) is 0 Å². The molecule has 1 aliphatic rings. The van der Waals surface area contributed by atoms with Gasteiger partial charge in [-0.15, -0.1) is 16.4 Å². The summed E-state index contributed by atoms with van der Waals surface area (Å²) in [5, 5.41) is 9.94. The highest BCUT2D eigenvalue weighted by Gasteiger charge is 2.20. The molecule has 4 rings (SSSR count). The van der Waals surface area contributed by atoms with Gasteiger partial charge in [0.15, 0.2) is 0 Å². The molecule has 3 aromatic rings. The summed E-state index contributed by atoms with van der Waals surface area (Å²) < 4.78 is 1.24. The summed E-state index contributed by atoms with van der Waals surface area (Å²) >= 11 is 3.03. The van der Waals surface area contributed by atoms with Crippen LogP contribution in [0.15, 0.2) is 28.5 Å². The van der Waals surface area contributed by atoms with Crippen LogP contribution in [0.25, 0.3) is 4.96 Å². The molecular formula is C16H17N5O2S2. The van der Waals surface area contributed by atoms with Crippen LogP contribution in [0.5, 0.6) is 0 Å². The number of nitrogens with one attached hydrogen (secondary N) is 1. The fourth-order valence-electron chi connectivity index (χ4n) is 2.82. The minimum Gasteiger partial charge on any atom is -0.351 e. The number of fused-ring (bicyclic) bond motifs is 1. The lowest BCUT2D eigenvalue weighted by molar-refractivity contribution is 0.0952. The molecule has 0 spiro atoms. The van der Waals surface area contributed by atoms with Crippen LogP contribution in [0.1, 0.15) is 28.1 Å². The number of carbonyl (C=O) groups is 1. The minimum absolute atomic E-state index is 0.0296. The first-order chi connectivity index (χ1) is 12.2. The molecule has 1 N–H and O–H groups in total. The Morgan fingerprint density at radius 1 is 1.32 bits per heavy atom. The Morgan fingerprint density at radius 3 is 2.92 bits per heavy atom. The maximum absolute atomic E-state index is 12.6. The van der Waals surface area contributed by atoms with E-state index >= 15 is 0 Å². The molecule has 25 heavy (non-hydrogen) atoms. The first-order valence-electron chi connectivity index (χ1n) is 8.17. The largest absolute Gasteiger partial charge is 0.351 e. The van der Waals surface area contributed by atoms with Crippen LogP contribution in [-0.4, -0.2) is 40.1 Å². The molecule has 0 bridgehead atoms. The van der Waals surface area contributed by atoms with E-state index in [2.05, 4.69) is 20.3 Å². The summed E-state index contributed by atoms with van der Waals surface area (Å²) in [6.45, 7) is 2.38. The fraction of sp³-hybridized carbons (Fsp3) is 0.375. The molecule has 0 unspecified atom stereocenters. The van der Waals surface area contributed by atoms with Crippen molar-refractivity contribution in [3.63, 3.8) is 0 Å². The molecule has 0 radical (unpaired) electrons. The highest BCUT2D eigenvalue weighted by atomic mass is 32.1. The second-order valence-corrected chi connectivity index (χ2v) is 7.80. The zero-order valence-corrected chi connectivity index (χ0v) is 15.1. The van der Waals surface area contributed by atoms with Gasteiger partial charge in [-0.3, -0.25) is 9.59 Å². The lowest BCUT2D eigenvalue weighted by atomic mass is 10.3. The van der Waals surface area contributed by atoms with Crippen LogP contribution >= 0.6 is 22.7 Å². The second kappa shape index (κ2) is 6.93. The SMILES string of the molecule is O=C(NCCc1cccs1)c1cnc2sc(N3CCCC3)nn2c1=O. The Bertz CT molecular complexity index is 941. The number of amides is 1. The minimum atomic E-state index is -0.416. The number of anilines is 1. The summed E-state index contributed by atoms with van der Waals surface area (Å²) in [6, 6.07) is 4.00. The lowest BCUT2D eigenvalue weighted by Crippen LogP contribution is -2.32. The van der Waals surface area contributed by atoms with Crippen molar-refractivity contribution in [2.45, 2.75) is 19.3 Å². The van der Waals surface area contributed by atoms with Crippen LogP contribution in [0.4, 0.5) is 5.13 Å². The summed E-state index contributed by atoms with van der Waals surface area (Å²) in [7, 11) is 0.